The number of rotatable bonds is 6. The second kappa shape index (κ2) is 5.95. The third kappa shape index (κ3) is 3.70. The van der Waals surface area contributed by atoms with Crippen LogP contribution in [-0.2, 0) is 6.54 Å². The Morgan fingerprint density at radius 1 is 1.60 bits per heavy atom. The second-order valence-corrected chi connectivity index (χ2v) is 4.90. The third-order valence-electron chi connectivity index (χ3n) is 1.99. The van der Waals surface area contributed by atoms with Gasteiger partial charge in [0.1, 0.15) is 0 Å². The lowest BCUT2D eigenvalue weighted by Gasteiger charge is -2.05. The van der Waals surface area contributed by atoms with E-state index in [1.165, 1.54) is 0 Å². The van der Waals surface area contributed by atoms with Crippen molar-refractivity contribution >= 4 is 17.5 Å². The van der Waals surface area contributed by atoms with Crippen molar-refractivity contribution < 1.29 is 4.79 Å². The summed E-state index contributed by atoms with van der Waals surface area (Å²) in [5.74, 6) is 2.92. The molecule has 0 radical (unpaired) electrons. The number of aryl methyl sites for hydroxylation is 1. The minimum absolute atomic E-state index is 0.132. The van der Waals surface area contributed by atoms with E-state index in [1.807, 2.05) is 17.7 Å². The molecule has 0 aliphatic carbocycles. The van der Waals surface area contributed by atoms with Crippen molar-refractivity contribution in [3.63, 3.8) is 0 Å². The van der Waals surface area contributed by atoms with Gasteiger partial charge in [-0.15, -0.1) is 0 Å². The van der Waals surface area contributed by atoms with Crippen LogP contribution >= 0.6 is 11.8 Å². The van der Waals surface area contributed by atoms with E-state index >= 15 is 0 Å². The van der Waals surface area contributed by atoms with Crippen LogP contribution in [-0.4, -0.2) is 26.8 Å². The minimum atomic E-state index is 0.132. The first-order valence-electron chi connectivity index (χ1n) is 5.27. The molecule has 0 aliphatic rings. The second-order valence-electron chi connectivity index (χ2n) is 3.87. The Labute approximate surface area is 95.3 Å². The van der Waals surface area contributed by atoms with Crippen LogP contribution in [0, 0.1) is 5.92 Å². The van der Waals surface area contributed by atoms with Crippen LogP contribution in [0.4, 0.5) is 0 Å². The lowest BCUT2D eigenvalue weighted by Crippen LogP contribution is -2.12. The number of nitrogens with zero attached hydrogens (tertiary/aromatic N) is 2. The van der Waals surface area contributed by atoms with E-state index in [4.69, 9.17) is 0 Å². The van der Waals surface area contributed by atoms with Crippen LogP contribution in [0.2, 0.25) is 0 Å². The normalized spacial score (nSPS) is 10.9. The molecule has 0 saturated carbocycles. The Hall–Kier alpha value is -0.770. The highest BCUT2D eigenvalue weighted by molar-refractivity contribution is 7.99. The average Bonchev–Trinajstić information content (AvgIpc) is 2.64. The molecule has 84 valence electrons. The Balaban J connectivity index is 2.47. The molecule has 15 heavy (non-hydrogen) atoms. The van der Waals surface area contributed by atoms with Crippen molar-refractivity contribution in [2.24, 2.45) is 5.92 Å². The zero-order valence-corrected chi connectivity index (χ0v) is 10.4. The van der Waals surface area contributed by atoms with Crippen LogP contribution in [0.15, 0.2) is 12.4 Å². The van der Waals surface area contributed by atoms with E-state index in [2.05, 4.69) is 18.8 Å². The molecule has 0 atom stereocenters. The zero-order chi connectivity index (χ0) is 11.3. The van der Waals surface area contributed by atoms with Gasteiger partial charge in [0.15, 0.2) is 5.82 Å². The highest BCUT2D eigenvalue weighted by atomic mass is 32.2. The first-order valence-corrected chi connectivity index (χ1v) is 6.42. The SMILES string of the molecule is CCn1ccnc1C(=O)CSCC(C)C. The average molecular weight is 226 g/mol. The first kappa shape index (κ1) is 12.3. The summed E-state index contributed by atoms with van der Waals surface area (Å²) < 4.78 is 1.89. The monoisotopic (exact) mass is 226 g/mol. The van der Waals surface area contributed by atoms with Gasteiger partial charge in [0, 0.05) is 18.9 Å². The summed E-state index contributed by atoms with van der Waals surface area (Å²) in [7, 11) is 0. The topological polar surface area (TPSA) is 34.9 Å². The largest absolute Gasteiger partial charge is 0.329 e. The van der Waals surface area contributed by atoms with E-state index in [-0.39, 0.29) is 5.78 Å². The van der Waals surface area contributed by atoms with Gasteiger partial charge in [-0.05, 0) is 18.6 Å². The fraction of sp³-hybridized carbons (Fsp3) is 0.636. The fourth-order valence-electron chi connectivity index (χ4n) is 1.27. The van der Waals surface area contributed by atoms with Crippen LogP contribution in [0.5, 0.6) is 0 Å². The maximum atomic E-state index is 11.8. The molecule has 0 amide bonds. The number of Topliss-reactive ketones (excluding diaryl/α,β-unsaturated/α-hetero) is 1. The van der Waals surface area contributed by atoms with Crippen LogP contribution < -0.4 is 0 Å². The molecule has 0 aromatic carbocycles. The van der Waals surface area contributed by atoms with Crippen molar-refractivity contribution in [2.75, 3.05) is 11.5 Å². The molecule has 0 unspecified atom stereocenters. The number of hydrogen-bond donors (Lipinski definition) is 0. The lowest BCUT2D eigenvalue weighted by atomic mass is 10.3. The van der Waals surface area contributed by atoms with Gasteiger partial charge in [-0.1, -0.05) is 13.8 Å². The Kier molecular flexibility index (Phi) is 4.88. The standard InChI is InChI=1S/C11H18N2OS/c1-4-13-6-5-12-11(13)10(14)8-15-7-9(2)3/h5-6,9H,4,7-8H2,1-3H3. The van der Waals surface area contributed by atoms with Gasteiger partial charge in [-0.2, -0.15) is 11.8 Å². The molecule has 1 aromatic rings. The molecule has 0 aliphatic heterocycles. The highest BCUT2D eigenvalue weighted by Crippen LogP contribution is 2.10. The predicted molar refractivity (Wildman–Crippen MR) is 64.4 cm³/mol. The Morgan fingerprint density at radius 3 is 2.93 bits per heavy atom. The lowest BCUT2D eigenvalue weighted by molar-refractivity contribution is 0.100. The smallest absolute Gasteiger partial charge is 0.208 e. The van der Waals surface area contributed by atoms with Crippen molar-refractivity contribution in [1.82, 2.24) is 9.55 Å². The molecule has 0 bridgehead atoms. The molecule has 1 rings (SSSR count). The minimum Gasteiger partial charge on any atom is -0.329 e. The molecular weight excluding hydrogens is 208 g/mol. The summed E-state index contributed by atoms with van der Waals surface area (Å²) in [6, 6.07) is 0. The third-order valence-corrected chi connectivity index (χ3v) is 3.36. The molecule has 4 heteroatoms. The summed E-state index contributed by atoms with van der Waals surface area (Å²) >= 11 is 1.68. The van der Waals surface area contributed by atoms with Crippen LogP contribution in [0.1, 0.15) is 31.4 Å². The Bertz CT molecular complexity index is 320. The molecule has 0 fully saturated rings. The van der Waals surface area contributed by atoms with Gasteiger partial charge in [0.2, 0.25) is 5.78 Å². The fourth-order valence-corrected chi connectivity index (χ4v) is 2.17. The molecule has 0 N–H and O–H groups in total. The number of ketones is 1. The van der Waals surface area contributed by atoms with Gasteiger partial charge < -0.3 is 4.57 Å². The van der Waals surface area contributed by atoms with E-state index in [0.717, 1.165) is 12.3 Å². The van der Waals surface area contributed by atoms with Gasteiger partial charge in [0.05, 0.1) is 5.75 Å². The van der Waals surface area contributed by atoms with Crippen molar-refractivity contribution in [3.8, 4) is 0 Å². The molecule has 1 aromatic heterocycles. The number of hydrogen-bond acceptors (Lipinski definition) is 3. The van der Waals surface area contributed by atoms with Crippen LogP contribution in [0.3, 0.4) is 0 Å². The first-order chi connectivity index (χ1) is 7.15. The molecular formula is C11H18N2OS. The van der Waals surface area contributed by atoms with Crippen molar-refractivity contribution in [2.45, 2.75) is 27.3 Å². The predicted octanol–water partition coefficient (Wildman–Crippen LogP) is 2.47. The van der Waals surface area contributed by atoms with Gasteiger partial charge in [0.25, 0.3) is 0 Å². The van der Waals surface area contributed by atoms with Crippen LogP contribution in [0.25, 0.3) is 0 Å². The number of thioether (sulfide) groups is 1. The molecule has 0 saturated heterocycles. The summed E-state index contributed by atoms with van der Waals surface area (Å²) in [6.07, 6.45) is 3.53. The van der Waals surface area contributed by atoms with E-state index < -0.39 is 0 Å². The summed E-state index contributed by atoms with van der Waals surface area (Å²) in [4.78, 5) is 15.8. The summed E-state index contributed by atoms with van der Waals surface area (Å²) in [6.45, 7) is 7.13. The van der Waals surface area contributed by atoms with E-state index in [1.54, 1.807) is 18.0 Å². The quantitative estimate of drug-likeness (QED) is 0.699. The maximum absolute atomic E-state index is 11.8. The number of imidazole rings is 1. The number of aromatic nitrogens is 2. The van der Waals surface area contributed by atoms with Crippen molar-refractivity contribution in [1.29, 1.82) is 0 Å². The van der Waals surface area contributed by atoms with Crippen molar-refractivity contribution in [3.05, 3.63) is 18.2 Å². The van der Waals surface area contributed by atoms with Gasteiger partial charge >= 0.3 is 0 Å². The van der Waals surface area contributed by atoms with E-state index in [0.29, 0.717) is 17.5 Å². The van der Waals surface area contributed by atoms with Gasteiger partial charge in [-0.25, -0.2) is 4.98 Å². The zero-order valence-electron chi connectivity index (χ0n) is 9.56. The molecule has 1 heterocycles. The maximum Gasteiger partial charge on any atom is 0.208 e. The van der Waals surface area contributed by atoms with Gasteiger partial charge in [-0.3, -0.25) is 4.79 Å². The number of carbonyl (C=O) groups excluding carboxylic acids is 1. The number of carbonyl (C=O) groups is 1. The highest BCUT2D eigenvalue weighted by Gasteiger charge is 2.11. The summed E-state index contributed by atoms with van der Waals surface area (Å²) in [5, 5.41) is 0. The van der Waals surface area contributed by atoms with E-state index in [9.17, 15) is 4.79 Å². The molecule has 3 nitrogen and oxygen atoms in total. The Morgan fingerprint density at radius 2 is 2.33 bits per heavy atom. The summed E-state index contributed by atoms with van der Waals surface area (Å²) in [5.41, 5.74) is 0. The molecule has 0 spiro atoms.